The van der Waals surface area contributed by atoms with E-state index in [9.17, 15) is 17.5 Å². The minimum Gasteiger partial charge on any atom is -0.766 e. The number of alkyl halides is 1. The summed E-state index contributed by atoms with van der Waals surface area (Å²) in [6, 6.07) is 5.28. The summed E-state index contributed by atoms with van der Waals surface area (Å²) < 4.78 is 50.3. The lowest BCUT2D eigenvalue weighted by atomic mass is 10.0. The van der Waals surface area contributed by atoms with Gasteiger partial charge in [-0.05, 0) is 6.07 Å². The van der Waals surface area contributed by atoms with E-state index in [1.54, 1.807) is 6.07 Å². The molecule has 0 N–H and O–H groups in total. The van der Waals surface area contributed by atoms with Crippen molar-refractivity contribution in [1.29, 1.82) is 0 Å². The van der Waals surface area contributed by atoms with Crippen LogP contribution in [0.1, 0.15) is 30.0 Å². The first-order valence-electron chi connectivity index (χ1n) is 5.52. The topological polar surface area (TPSA) is 70.8 Å². The van der Waals surface area contributed by atoms with Crippen molar-refractivity contribution in [1.82, 2.24) is 14.8 Å². The van der Waals surface area contributed by atoms with Crippen LogP contribution in [0.25, 0.3) is 0 Å². The van der Waals surface area contributed by atoms with Gasteiger partial charge in [0, 0.05) is 23.1 Å². The van der Waals surface area contributed by atoms with Gasteiger partial charge in [0.1, 0.15) is 5.82 Å². The van der Waals surface area contributed by atoms with Gasteiger partial charge in [-0.3, -0.25) is 4.21 Å². The van der Waals surface area contributed by atoms with E-state index in [1.165, 1.54) is 18.2 Å². The molecule has 3 atom stereocenters. The summed E-state index contributed by atoms with van der Waals surface area (Å²) in [5.74, 6) is -0.555. The summed E-state index contributed by atoms with van der Waals surface area (Å²) >= 11 is -2.63. The van der Waals surface area contributed by atoms with Gasteiger partial charge >= 0.3 is 0 Å². The molecular weight excluding hydrogens is 276 g/mol. The summed E-state index contributed by atoms with van der Waals surface area (Å²) in [5.41, 5.74) is 0.275. The van der Waals surface area contributed by atoms with Crippen LogP contribution in [0, 0.1) is 5.82 Å². The van der Waals surface area contributed by atoms with Gasteiger partial charge < -0.3 is 4.55 Å². The van der Waals surface area contributed by atoms with Crippen LogP contribution in [0.2, 0.25) is 0 Å². The third kappa shape index (κ3) is 1.96. The van der Waals surface area contributed by atoms with E-state index in [1.807, 2.05) is 0 Å². The lowest BCUT2D eigenvalue weighted by Crippen LogP contribution is -2.10. The van der Waals surface area contributed by atoms with E-state index in [0.29, 0.717) is 0 Å². The molecule has 0 fully saturated rings. The molecule has 5 nitrogen and oxygen atoms in total. The molecule has 0 saturated carbocycles. The minimum absolute atomic E-state index is 0.00202. The maximum absolute atomic E-state index is 13.8. The average molecular weight is 284 g/mol. The quantitative estimate of drug-likeness (QED) is 0.786. The van der Waals surface area contributed by atoms with Crippen LogP contribution < -0.4 is 0 Å². The highest BCUT2D eigenvalue weighted by Crippen LogP contribution is 2.40. The molecule has 0 aliphatic carbocycles. The van der Waals surface area contributed by atoms with Crippen molar-refractivity contribution in [2.75, 3.05) is 0 Å². The lowest BCUT2D eigenvalue weighted by Gasteiger charge is -2.12. The molecule has 2 aromatic rings. The Morgan fingerprint density at radius 2 is 2.16 bits per heavy atom. The summed E-state index contributed by atoms with van der Waals surface area (Å²) in [4.78, 5) is 3.62. The van der Waals surface area contributed by atoms with Gasteiger partial charge in [0.2, 0.25) is 5.16 Å². The molecule has 8 heteroatoms. The zero-order valence-electron chi connectivity index (χ0n) is 9.49. The van der Waals surface area contributed by atoms with Crippen LogP contribution in [0.5, 0.6) is 0 Å². The van der Waals surface area contributed by atoms with Gasteiger partial charge in [-0.1, -0.05) is 18.2 Å². The standard InChI is InChI=1S/C11H9F2N3O2S/c12-7-4-2-1-3-6(7)9-5-8(13)10-14-11(19(17)18)15-16(9)10/h1-4,8-9H,5H2,(H,17,18)/p-1/t8-,9-/m0/s1. The number of nitrogens with zero attached hydrogens (tertiary/aromatic N) is 3. The molecule has 1 aliphatic rings. The minimum atomic E-state index is -2.63. The Morgan fingerprint density at radius 1 is 1.42 bits per heavy atom. The van der Waals surface area contributed by atoms with Crippen LogP contribution in [-0.2, 0) is 11.1 Å². The fourth-order valence-electron chi connectivity index (χ4n) is 2.23. The molecule has 0 amide bonds. The largest absolute Gasteiger partial charge is 0.766 e. The molecule has 1 aromatic heterocycles. The van der Waals surface area contributed by atoms with Gasteiger partial charge in [0.15, 0.2) is 12.0 Å². The molecule has 3 rings (SSSR count). The molecule has 100 valence electrons. The summed E-state index contributed by atoms with van der Waals surface area (Å²) in [5, 5.41) is 3.25. The Morgan fingerprint density at radius 3 is 2.84 bits per heavy atom. The Balaban J connectivity index is 2.09. The number of hydrogen-bond acceptors (Lipinski definition) is 4. The van der Waals surface area contributed by atoms with Crippen LogP contribution in [0.15, 0.2) is 29.4 Å². The smallest absolute Gasteiger partial charge is 0.225 e. The molecule has 1 aliphatic heterocycles. The Kier molecular flexibility index (Phi) is 2.90. The van der Waals surface area contributed by atoms with E-state index < -0.39 is 34.3 Å². The number of benzene rings is 1. The molecule has 2 heterocycles. The number of hydrogen-bond donors (Lipinski definition) is 0. The number of aromatic nitrogens is 3. The normalized spacial score (nSPS) is 23.3. The van der Waals surface area contributed by atoms with Gasteiger partial charge in [-0.15, -0.1) is 5.10 Å². The summed E-state index contributed by atoms with van der Waals surface area (Å²) in [7, 11) is 0. The summed E-state index contributed by atoms with van der Waals surface area (Å²) in [6.07, 6.45) is -1.45. The van der Waals surface area contributed by atoms with Crippen molar-refractivity contribution in [2.45, 2.75) is 23.8 Å². The van der Waals surface area contributed by atoms with E-state index in [-0.39, 0.29) is 17.8 Å². The third-order valence-corrected chi connectivity index (χ3v) is 3.53. The van der Waals surface area contributed by atoms with E-state index in [0.717, 1.165) is 4.68 Å². The second-order valence-corrected chi connectivity index (χ2v) is 5.01. The van der Waals surface area contributed by atoms with Crippen LogP contribution in [0.4, 0.5) is 8.78 Å². The molecule has 1 unspecified atom stereocenters. The highest BCUT2D eigenvalue weighted by atomic mass is 32.2. The number of halogens is 2. The first kappa shape index (κ1) is 12.4. The second-order valence-electron chi connectivity index (χ2n) is 4.17. The van der Waals surface area contributed by atoms with Crippen LogP contribution in [-0.4, -0.2) is 23.5 Å². The third-order valence-electron chi connectivity index (χ3n) is 3.06. The first-order valence-corrected chi connectivity index (χ1v) is 6.59. The SMILES string of the molecule is O=S([O-])c1nc2n(n1)[C@H](c1ccccc1F)C[C@@H]2F. The highest BCUT2D eigenvalue weighted by Gasteiger charge is 2.36. The monoisotopic (exact) mass is 284 g/mol. The Labute approximate surface area is 109 Å². The number of fused-ring (bicyclic) bond motifs is 1. The molecule has 0 spiro atoms. The molecular formula is C11H8F2N3O2S-. The highest BCUT2D eigenvalue weighted by molar-refractivity contribution is 7.78. The van der Waals surface area contributed by atoms with Crippen LogP contribution in [0.3, 0.4) is 0 Å². The second kappa shape index (κ2) is 4.46. The molecule has 0 saturated heterocycles. The average Bonchev–Trinajstić information content (AvgIpc) is 2.92. The van der Waals surface area contributed by atoms with Gasteiger partial charge in [-0.2, -0.15) is 0 Å². The summed E-state index contributed by atoms with van der Waals surface area (Å²) in [6.45, 7) is 0. The van der Waals surface area contributed by atoms with Crippen molar-refractivity contribution < 1.29 is 17.5 Å². The Bertz CT molecular complexity index is 661. The van der Waals surface area contributed by atoms with Gasteiger partial charge in [0.05, 0.1) is 6.04 Å². The first-order chi connectivity index (χ1) is 9.08. The maximum Gasteiger partial charge on any atom is 0.225 e. The fraction of sp³-hybridized carbons (Fsp3) is 0.273. The van der Waals surface area contributed by atoms with Crippen molar-refractivity contribution in [3.8, 4) is 0 Å². The lowest BCUT2D eigenvalue weighted by molar-refractivity contribution is 0.325. The molecule has 0 radical (unpaired) electrons. The Hall–Kier alpha value is -1.67. The molecule has 19 heavy (non-hydrogen) atoms. The van der Waals surface area contributed by atoms with Gasteiger partial charge in [-0.25, -0.2) is 18.4 Å². The number of rotatable bonds is 2. The molecule has 0 bridgehead atoms. The fourth-order valence-corrected chi connectivity index (χ4v) is 2.56. The van der Waals surface area contributed by atoms with Gasteiger partial charge in [0.25, 0.3) is 0 Å². The van der Waals surface area contributed by atoms with E-state index in [4.69, 9.17) is 0 Å². The van der Waals surface area contributed by atoms with Crippen molar-refractivity contribution >= 4 is 11.1 Å². The van der Waals surface area contributed by atoms with E-state index in [2.05, 4.69) is 10.1 Å². The van der Waals surface area contributed by atoms with Crippen molar-refractivity contribution in [2.24, 2.45) is 0 Å². The predicted molar refractivity (Wildman–Crippen MR) is 60.2 cm³/mol. The zero-order chi connectivity index (χ0) is 13.6. The maximum atomic E-state index is 13.8. The van der Waals surface area contributed by atoms with Crippen molar-refractivity contribution in [3.05, 3.63) is 41.5 Å². The van der Waals surface area contributed by atoms with Crippen LogP contribution >= 0.6 is 0 Å². The van der Waals surface area contributed by atoms with E-state index >= 15 is 0 Å². The van der Waals surface area contributed by atoms with Crippen molar-refractivity contribution in [3.63, 3.8) is 0 Å². The molecule has 1 aromatic carbocycles. The predicted octanol–water partition coefficient (Wildman–Crippen LogP) is 1.66. The zero-order valence-corrected chi connectivity index (χ0v) is 10.3.